The highest BCUT2D eigenvalue weighted by molar-refractivity contribution is 8.00. The Kier molecular flexibility index (Phi) is 7.51. The lowest BCUT2D eigenvalue weighted by Crippen LogP contribution is -2.39. The highest BCUT2D eigenvalue weighted by Gasteiger charge is 2.41. The summed E-state index contributed by atoms with van der Waals surface area (Å²) in [6.45, 7) is 1.07. The first-order valence-corrected chi connectivity index (χ1v) is 18.8. The van der Waals surface area contributed by atoms with Gasteiger partial charge in [0, 0.05) is 44.3 Å². The number of nitrogens with one attached hydrogen (secondary N) is 1. The zero-order chi connectivity index (χ0) is 33.7. The molecule has 0 spiro atoms. The second-order valence-corrected chi connectivity index (χ2v) is 14.9. The van der Waals surface area contributed by atoms with Crippen LogP contribution in [-0.2, 0) is 0 Å². The molecule has 2 aliphatic rings. The number of thioether (sulfide) groups is 1. The van der Waals surface area contributed by atoms with Crippen LogP contribution in [0.4, 0.5) is 17.1 Å². The molecule has 0 radical (unpaired) electrons. The van der Waals surface area contributed by atoms with Gasteiger partial charge in [-0.05, 0) is 108 Å². The van der Waals surface area contributed by atoms with Gasteiger partial charge < -0.3 is 14.8 Å². The summed E-state index contributed by atoms with van der Waals surface area (Å²) in [4.78, 5) is 3.77. The van der Waals surface area contributed by atoms with Crippen molar-refractivity contribution in [1.29, 1.82) is 0 Å². The normalized spacial score (nSPS) is 18.1. The Morgan fingerprint density at radius 3 is 1.92 bits per heavy atom. The summed E-state index contributed by atoms with van der Waals surface area (Å²) < 4.78 is 2.40. The van der Waals surface area contributed by atoms with E-state index in [9.17, 15) is 0 Å². The van der Waals surface area contributed by atoms with Crippen LogP contribution < -0.4 is 10.2 Å². The Morgan fingerprint density at radius 1 is 0.549 bits per heavy atom. The number of fused-ring (bicyclic) bond motifs is 6. The van der Waals surface area contributed by atoms with Crippen molar-refractivity contribution in [3.63, 3.8) is 0 Å². The Labute approximate surface area is 303 Å². The summed E-state index contributed by atoms with van der Waals surface area (Å²) in [6.07, 6.45) is 1.17. The average Bonchev–Trinajstić information content (AvgIpc) is 3.75. The van der Waals surface area contributed by atoms with Crippen LogP contribution in [0.3, 0.4) is 0 Å². The Balaban J connectivity index is 0.985. The van der Waals surface area contributed by atoms with E-state index in [0.29, 0.717) is 17.2 Å². The van der Waals surface area contributed by atoms with E-state index in [2.05, 4.69) is 191 Å². The molecule has 0 aliphatic carbocycles. The van der Waals surface area contributed by atoms with Gasteiger partial charge in [-0.1, -0.05) is 109 Å². The van der Waals surface area contributed by atoms with E-state index in [4.69, 9.17) is 0 Å². The third-order valence-corrected chi connectivity index (χ3v) is 12.2. The first-order chi connectivity index (χ1) is 25.3. The van der Waals surface area contributed by atoms with Gasteiger partial charge >= 0.3 is 0 Å². The van der Waals surface area contributed by atoms with Gasteiger partial charge in [0.05, 0.1) is 16.4 Å². The van der Waals surface area contributed by atoms with Gasteiger partial charge in [0.25, 0.3) is 0 Å². The Morgan fingerprint density at radius 2 is 1.18 bits per heavy atom. The van der Waals surface area contributed by atoms with E-state index >= 15 is 0 Å². The molecule has 0 amide bonds. The molecule has 10 rings (SSSR count). The minimum Gasteiger partial charge on any atom is -0.310 e. The average molecular weight is 676 g/mol. The SMILES string of the molecule is c1ccc(N(c2ccccc2)c2ccc3c(c2)c2ccccc2n3-c2ccc(-c3ccc(C4CCNC5Sc6ccccc6C54)cc3)cc2)cc1. The van der Waals surface area contributed by atoms with E-state index in [0.717, 1.165) is 29.3 Å². The van der Waals surface area contributed by atoms with Gasteiger partial charge in [0.15, 0.2) is 0 Å². The van der Waals surface area contributed by atoms with Crippen LogP contribution in [0.5, 0.6) is 0 Å². The lowest BCUT2D eigenvalue weighted by Gasteiger charge is -2.35. The van der Waals surface area contributed by atoms with E-state index in [1.165, 1.54) is 55.4 Å². The van der Waals surface area contributed by atoms with Crippen molar-refractivity contribution in [1.82, 2.24) is 9.88 Å². The predicted octanol–water partition coefficient (Wildman–Crippen LogP) is 12.2. The molecule has 1 aromatic heterocycles. The fourth-order valence-electron chi connectivity index (χ4n) is 8.47. The van der Waals surface area contributed by atoms with Crippen molar-refractivity contribution in [2.45, 2.75) is 28.5 Å². The second-order valence-electron chi connectivity index (χ2n) is 13.7. The zero-order valence-corrected chi connectivity index (χ0v) is 29.0. The number of nitrogens with zero attached hydrogens (tertiary/aromatic N) is 2. The van der Waals surface area contributed by atoms with Gasteiger partial charge in [-0.15, -0.1) is 11.8 Å². The minimum absolute atomic E-state index is 0.465. The number of para-hydroxylation sites is 3. The maximum atomic E-state index is 3.78. The quantitative estimate of drug-likeness (QED) is 0.189. The Hall–Kier alpha value is -5.55. The molecular weight excluding hydrogens is 639 g/mol. The van der Waals surface area contributed by atoms with Crippen LogP contribution in [0, 0.1) is 0 Å². The van der Waals surface area contributed by atoms with Gasteiger partial charge in [-0.25, -0.2) is 0 Å². The lowest BCUT2D eigenvalue weighted by molar-refractivity contribution is 0.385. The van der Waals surface area contributed by atoms with Crippen molar-refractivity contribution in [2.24, 2.45) is 0 Å². The molecule has 3 nitrogen and oxygen atoms in total. The first kappa shape index (κ1) is 30.3. The van der Waals surface area contributed by atoms with Crippen molar-refractivity contribution < 1.29 is 0 Å². The third-order valence-electron chi connectivity index (χ3n) is 10.8. The molecule has 3 atom stereocenters. The molecule has 3 unspecified atom stereocenters. The number of hydrogen-bond donors (Lipinski definition) is 1. The molecule has 1 fully saturated rings. The molecule has 0 bridgehead atoms. The smallest absolute Gasteiger partial charge is 0.0655 e. The predicted molar refractivity (Wildman–Crippen MR) is 215 cm³/mol. The molecule has 1 saturated heterocycles. The second kappa shape index (κ2) is 12.6. The largest absolute Gasteiger partial charge is 0.310 e. The number of benzene rings is 7. The molecule has 1 N–H and O–H groups in total. The van der Waals surface area contributed by atoms with Crippen LogP contribution in [0.25, 0.3) is 38.6 Å². The molecule has 2 aliphatic heterocycles. The number of rotatable bonds is 6. The first-order valence-electron chi connectivity index (χ1n) is 17.9. The van der Waals surface area contributed by atoms with Crippen LogP contribution in [0.2, 0.25) is 0 Å². The lowest BCUT2D eigenvalue weighted by atomic mass is 9.77. The number of hydrogen-bond acceptors (Lipinski definition) is 3. The van der Waals surface area contributed by atoms with Crippen molar-refractivity contribution in [2.75, 3.05) is 11.4 Å². The molecule has 51 heavy (non-hydrogen) atoms. The summed E-state index contributed by atoms with van der Waals surface area (Å²) in [7, 11) is 0. The summed E-state index contributed by atoms with van der Waals surface area (Å²) in [6, 6.07) is 64.4. The number of aromatic nitrogens is 1. The van der Waals surface area contributed by atoms with Gasteiger partial charge in [-0.3, -0.25) is 0 Å². The molecule has 3 heterocycles. The minimum atomic E-state index is 0.465. The highest BCUT2D eigenvalue weighted by atomic mass is 32.2. The molecular formula is C47H37N3S. The fraction of sp³-hybridized carbons (Fsp3) is 0.106. The summed E-state index contributed by atoms with van der Waals surface area (Å²) in [5.41, 5.74) is 12.4. The topological polar surface area (TPSA) is 20.2 Å². The van der Waals surface area contributed by atoms with Crippen LogP contribution >= 0.6 is 11.8 Å². The van der Waals surface area contributed by atoms with E-state index in [1.54, 1.807) is 0 Å². The summed E-state index contributed by atoms with van der Waals surface area (Å²) in [5.74, 6) is 1.05. The Bertz CT molecular complexity index is 2450. The molecule has 246 valence electrons. The van der Waals surface area contributed by atoms with Gasteiger partial charge in [0.1, 0.15) is 0 Å². The standard InChI is InChI=1S/C47H37N3S/c1-3-11-35(12-4-1)49(36-13-5-2-6-14-36)38-27-28-44-42(31-38)40-15-7-9-17-43(40)50(44)37-25-23-33(24-26-37)32-19-21-34(22-20-32)39-29-30-48-47-46(39)41-16-8-10-18-45(41)51-47/h1-28,31,39,46-48H,29-30H2. The molecule has 0 saturated carbocycles. The number of anilines is 3. The van der Waals surface area contributed by atoms with Crippen molar-refractivity contribution in [3.8, 4) is 16.8 Å². The summed E-state index contributed by atoms with van der Waals surface area (Å²) >= 11 is 2.00. The monoisotopic (exact) mass is 675 g/mol. The maximum absolute atomic E-state index is 3.78. The summed E-state index contributed by atoms with van der Waals surface area (Å²) in [5, 5.41) is 6.74. The fourth-order valence-corrected chi connectivity index (χ4v) is 9.93. The molecule has 7 aromatic carbocycles. The molecule has 4 heteroatoms. The van der Waals surface area contributed by atoms with Crippen LogP contribution in [-0.4, -0.2) is 16.5 Å². The molecule has 8 aromatic rings. The van der Waals surface area contributed by atoms with E-state index in [1.807, 2.05) is 11.8 Å². The van der Waals surface area contributed by atoms with Crippen molar-refractivity contribution in [3.05, 3.63) is 187 Å². The van der Waals surface area contributed by atoms with Crippen LogP contribution in [0.1, 0.15) is 29.4 Å². The van der Waals surface area contributed by atoms with E-state index in [-0.39, 0.29) is 0 Å². The van der Waals surface area contributed by atoms with E-state index < -0.39 is 0 Å². The third kappa shape index (κ3) is 5.26. The zero-order valence-electron chi connectivity index (χ0n) is 28.2. The van der Waals surface area contributed by atoms with Gasteiger partial charge in [-0.2, -0.15) is 0 Å². The number of piperidine rings is 1. The van der Waals surface area contributed by atoms with Crippen molar-refractivity contribution >= 4 is 50.6 Å². The maximum Gasteiger partial charge on any atom is 0.0655 e. The van der Waals surface area contributed by atoms with Crippen LogP contribution in [0.15, 0.2) is 181 Å². The van der Waals surface area contributed by atoms with Gasteiger partial charge in [0.2, 0.25) is 0 Å². The highest BCUT2D eigenvalue weighted by Crippen LogP contribution is 2.53.